The van der Waals surface area contributed by atoms with Gasteiger partial charge in [0, 0.05) is 0 Å². The Morgan fingerprint density at radius 2 is 1.36 bits per heavy atom. The highest BCUT2D eigenvalue weighted by Gasteiger charge is 2.22. The Hall–Kier alpha value is -2.50. The Kier molecular flexibility index (Phi) is 4.97. The van der Waals surface area contributed by atoms with Gasteiger partial charge in [-0.25, -0.2) is 12.8 Å². The SMILES string of the molecule is Cc1ccc(S(=O)(=O)N[C@@H](c2ccccc2)c2ccc(F)cc2)cc1. The van der Waals surface area contributed by atoms with Crippen LogP contribution in [0, 0.1) is 12.7 Å². The fourth-order valence-corrected chi connectivity index (χ4v) is 3.78. The number of benzene rings is 3. The van der Waals surface area contributed by atoms with Gasteiger partial charge in [-0.2, -0.15) is 4.72 Å². The molecular weight excluding hydrogens is 337 g/mol. The molecule has 0 saturated carbocycles. The van der Waals surface area contributed by atoms with Crippen molar-refractivity contribution >= 4 is 10.0 Å². The molecule has 3 rings (SSSR count). The summed E-state index contributed by atoms with van der Waals surface area (Å²) in [5.74, 6) is -0.364. The van der Waals surface area contributed by atoms with Crippen molar-refractivity contribution in [3.05, 3.63) is 101 Å². The van der Waals surface area contributed by atoms with E-state index in [1.165, 1.54) is 12.1 Å². The van der Waals surface area contributed by atoms with Crippen LogP contribution in [0.15, 0.2) is 83.8 Å². The van der Waals surface area contributed by atoms with Crippen molar-refractivity contribution < 1.29 is 12.8 Å². The molecule has 0 saturated heterocycles. The van der Waals surface area contributed by atoms with Gasteiger partial charge in [0.15, 0.2) is 0 Å². The molecule has 3 aromatic carbocycles. The average Bonchev–Trinajstić information content (AvgIpc) is 2.62. The first-order chi connectivity index (χ1) is 12.0. The predicted molar refractivity (Wildman–Crippen MR) is 96.2 cm³/mol. The van der Waals surface area contributed by atoms with Crippen LogP contribution in [-0.2, 0) is 10.0 Å². The van der Waals surface area contributed by atoms with E-state index in [0.29, 0.717) is 5.56 Å². The normalized spacial score (nSPS) is 12.7. The number of sulfonamides is 1. The summed E-state index contributed by atoms with van der Waals surface area (Å²) in [5, 5.41) is 0. The number of aryl methyl sites for hydroxylation is 1. The minimum atomic E-state index is -3.73. The zero-order chi connectivity index (χ0) is 17.9. The van der Waals surface area contributed by atoms with Crippen LogP contribution in [0.4, 0.5) is 4.39 Å². The minimum Gasteiger partial charge on any atom is -0.207 e. The Morgan fingerprint density at radius 3 is 1.96 bits per heavy atom. The summed E-state index contributed by atoms with van der Waals surface area (Å²) < 4.78 is 41.6. The Bertz CT molecular complexity index is 937. The van der Waals surface area contributed by atoms with E-state index >= 15 is 0 Å². The molecule has 0 aromatic heterocycles. The van der Waals surface area contributed by atoms with Crippen LogP contribution < -0.4 is 4.72 Å². The third-order valence-corrected chi connectivity index (χ3v) is 5.38. The van der Waals surface area contributed by atoms with Gasteiger partial charge in [-0.3, -0.25) is 0 Å². The number of nitrogens with one attached hydrogen (secondary N) is 1. The number of rotatable bonds is 5. The molecule has 3 nitrogen and oxygen atoms in total. The number of hydrogen-bond acceptors (Lipinski definition) is 2. The van der Waals surface area contributed by atoms with Crippen LogP contribution >= 0.6 is 0 Å². The fourth-order valence-electron chi connectivity index (χ4n) is 2.57. The Morgan fingerprint density at radius 1 is 0.800 bits per heavy atom. The second kappa shape index (κ2) is 7.17. The molecule has 3 aromatic rings. The smallest absolute Gasteiger partial charge is 0.207 e. The monoisotopic (exact) mass is 355 g/mol. The molecule has 5 heteroatoms. The third kappa shape index (κ3) is 4.13. The van der Waals surface area contributed by atoms with Crippen molar-refractivity contribution in [2.24, 2.45) is 0 Å². The highest BCUT2D eigenvalue weighted by atomic mass is 32.2. The van der Waals surface area contributed by atoms with Crippen LogP contribution in [0.5, 0.6) is 0 Å². The van der Waals surface area contributed by atoms with E-state index in [1.54, 1.807) is 36.4 Å². The van der Waals surface area contributed by atoms with Crippen molar-refractivity contribution in [2.75, 3.05) is 0 Å². The molecule has 25 heavy (non-hydrogen) atoms. The first kappa shape index (κ1) is 17.3. The van der Waals surface area contributed by atoms with E-state index in [4.69, 9.17) is 0 Å². The van der Waals surface area contributed by atoms with Crippen molar-refractivity contribution in [3.8, 4) is 0 Å². The van der Waals surface area contributed by atoms with E-state index in [1.807, 2.05) is 37.3 Å². The Labute approximate surface area is 147 Å². The zero-order valence-electron chi connectivity index (χ0n) is 13.7. The molecular formula is C20H18FNO2S. The summed E-state index contributed by atoms with van der Waals surface area (Å²) in [7, 11) is -3.73. The van der Waals surface area contributed by atoms with Gasteiger partial charge in [0.1, 0.15) is 5.82 Å². The second-order valence-electron chi connectivity index (χ2n) is 5.83. The lowest BCUT2D eigenvalue weighted by Gasteiger charge is -2.20. The molecule has 0 fully saturated rings. The van der Waals surface area contributed by atoms with Gasteiger partial charge in [0.2, 0.25) is 10.0 Å². The van der Waals surface area contributed by atoms with Crippen LogP contribution in [0.2, 0.25) is 0 Å². The molecule has 128 valence electrons. The molecule has 1 N–H and O–H groups in total. The summed E-state index contributed by atoms with van der Waals surface area (Å²) in [6, 6.07) is 21.1. The van der Waals surface area contributed by atoms with Gasteiger partial charge in [0.25, 0.3) is 0 Å². The standard InChI is InChI=1S/C20H18FNO2S/c1-15-7-13-19(14-8-15)25(23,24)22-20(16-5-3-2-4-6-16)17-9-11-18(21)12-10-17/h2-14,20,22H,1H3/t20-/m0/s1. The van der Waals surface area contributed by atoms with E-state index in [-0.39, 0.29) is 10.7 Å². The molecule has 0 amide bonds. The molecule has 0 aliphatic carbocycles. The molecule has 0 unspecified atom stereocenters. The van der Waals surface area contributed by atoms with Gasteiger partial charge in [-0.1, -0.05) is 60.2 Å². The Balaban J connectivity index is 2.00. The number of hydrogen-bond donors (Lipinski definition) is 1. The minimum absolute atomic E-state index is 0.196. The maximum atomic E-state index is 13.3. The molecule has 0 aliphatic rings. The van der Waals surface area contributed by atoms with Crippen LogP contribution in [0.25, 0.3) is 0 Å². The van der Waals surface area contributed by atoms with E-state index < -0.39 is 16.1 Å². The van der Waals surface area contributed by atoms with Crippen molar-refractivity contribution in [1.29, 1.82) is 0 Å². The second-order valence-corrected chi connectivity index (χ2v) is 7.54. The molecule has 0 heterocycles. The fraction of sp³-hybridized carbons (Fsp3) is 0.100. The quantitative estimate of drug-likeness (QED) is 0.745. The van der Waals surface area contributed by atoms with Gasteiger partial charge in [0.05, 0.1) is 10.9 Å². The van der Waals surface area contributed by atoms with Gasteiger partial charge < -0.3 is 0 Å². The molecule has 0 spiro atoms. The lowest BCUT2D eigenvalue weighted by Crippen LogP contribution is -2.29. The molecule has 0 radical (unpaired) electrons. The maximum absolute atomic E-state index is 13.3. The zero-order valence-corrected chi connectivity index (χ0v) is 14.5. The lowest BCUT2D eigenvalue weighted by molar-refractivity contribution is 0.571. The van der Waals surface area contributed by atoms with Crippen molar-refractivity contribution in [1.82, 2.24) is 4.72 Å². The molecule has 1 atom stereocenters. The maximum Gasteiger partial charge on any atom is 0.241 e. The largest absolute Gasteiger partial charge is 0.241 e. The summed E-state index contributed by atoms with van der Waals surface area (Å²) in [4.78, 5) is 0.196. The average molecular weight is 355 g/mol. The van der Waals surface area contributed by atoms with Gasteiger partial charge in [-0.15, -0.1) is 0 Å². The molecule has 0 bridgehead atoms. The highest BCUT2D eigenvalue weighted by Crippen LogP contribution is 2.25. The third-order valence-electron chi connectivity index (χ3n) is 3.94. The van der Waals surface area contributed by atoms with Gasteiger partial charge in [-0.05, 0) is 42.3 Å². The highest BCUT2D eigenvalue weighted by molar-refractivity contribution is 7.89. The first-order valence-electron chi connectivity index (χ1n) is 7.85. The van der Waals surface area contributed by atoms with Crippen molar-refractivity contribution in [3.63, 3.8) is 0 Å². The predicted octanol–water partition coefficient (Wildman–Crippen LogP) is 4.20. The van der Waals surface area contributed by atoms with Crippen LogP contribution in [-0.4, -0.2) is 8.42 Å². The summed E-state index contributed by atoms with van der Waals surface area (Å²) in [6.45, 7) is 1.90. The lowest BCUT2D eigenvalue weighted by atomic mass is 10.00. The summed E-state index contributed by atoms with van der Waals surface area (Å²) >= 11 is 0. The number of halogens is 1. The van der Waals surface area contributed by atoms with Gasteiger partial charge >= 0.3 is 0 Å². The first-order valence-corrected chi connectivity index (χ1v) is 9.33. The summed E-state index contributed by atoms with van der Waals surface area (Å²) in [5.41, 5.74) is 2.44. The van der Waals surface area contributed by atoms with E-state index in [0.717, 1.165) is 11.1 Å². The molecule has 0 aliphatic heterocycles. The van der Waals surface area contributed by atoms with Crippen molar-refractivity contribution in [2.45, 2.75) is 17.9 Å². The van der Waals surface area contributed by atoms with E-state index in [2.05, 4.69) is 4.72 Å². The topological polar surface area (TPSA) is 46.2 Å². The van der Waals surface area contributed by atoms with E-state index in [9.17, 15) is 12.8 Å². The van der Waals surface area contributed by atoms with Crippen LogP contribution in [0.1, 0.15) is 22.7 Å². The van der Waals surface area contributed by atoms with Crippen LogP contribution in [0.3, 0.4) is 0 Å². The summed E-state index contributed by atoms with van der Waals surface area (Å²) in [6.07, 6.45) is 0.